The minimum Gasteiger partial charge on any atom is -0.457 e. The highest BCUT2D eigenvalue weighted by atomic mass is 31.2. The monoisotopic (exact) mass is 905 g/mol. The summed E-state index contributed by atoms with van der Waals surface area (Å²) in [6.45, 7) is 3.35. The first-order valence-corrected chi connectivity index (χ1v) is 26.6. The Morgan fingerprint density at radius 1 is 0.508 bits per heavy atom. The highest BCUT2D eigenvalue weighted by Crippen LogP contribution is 2.43. The van der Waals surface area contributed by atoms with Gasteiger partial charge in [0, 0.05) is 13.0 Å². The quantitative estimate of drug-likeness (QED) is 0.0236. The number of ether oxygens (including phenoxy) is 2. The highest BCUT2D eigenvalue weighted by molar-refractivity contribution is 7.47. The number of carbonyl (C=O) groups is 1. The fourth-order valence-electron chi connectivity index (χ4n) is 6.53. The van der Waals surface area contributed by atoms with Gasteiger partial charge in [0.25, 0.3) is 0 Å². The summed E-state index contributed by atoms with van der Waals surface area (Å²) < 4.78 is 33.5. The number of aliphatic hydroxyl groups is 2. The molecule has 0 saturated carbocycles. The molecule has 0 aliphatic carbocycles. The first-order valence-electron chi connectivity index (χ1n) is 25.1. The Bertz CT molecular complexity index is 1250. The van der Waals surface area contributed by atoms with Crippen LogP contribution in [-0.4, -0.2) is 66.3 Å². The lowest BCUT2D eigenvalue weighted by Gasteiger charge is -2.20. The van der Waals surface area contributed by atoms with Crippen molar-refractivity contribution in [1.29, 1.82) is 0 Å². The third kappa shape index (κ3) is 48.9. The van der Waals surface area contributed by atoms with Crippen molar-refractivity contribution in [2.45, 2.75) is 212 Å². The minimum atomic E-state index is -4.54. The Kier molecular flexibility index (Phi) is 47.2. The van der Waals surface area contributed by atoms with Gasteiger partial charge >= 0.3 is 13.8 Å². The van der Waals surface area contributed by atoms with E-state index < -0.39 is 45.8 Å². The first-order chi connectivity index (χ1) is 30.8. The zero-order valence-electron chi connectivity index (χ0n) is 40.0. The molecule has 0 aromatic carbocycles. The van der Waals surface area contributed by atoms with E-state index in [9.17, 15) is 19.4 Å². The molecule has 0 radical (unpaired) electrons. The molecule has 0 bridgehead atoms. The van der Waals surface area contributed by atoms with Gasteiger partial charge in [-0.3, -0.25) is 13.8 Å². The zero-order valence-corrected chi connectivity index (χ0v) is 40.9. The van der Waals surface area contributed by atoms with Crippen LogP contribution in [0.1, 0.15) is 200 Å². The number of hydrogen-bond donors (Lipinski definition) is 3. The van der Waals surface area contributed by atoms with E-state index in [1.807, 2.05) is 0 Å². The Labute approximate surface area is 385 Å². The lowest BCUT2D eigenvalue weighted by Crippen LogP contribution is -2.29. The molecule has 0 aromatic rings. The summed E-state index contributed by atoms with van der Waals surface area (Å²) in [6.07, 6.45) is 61.2. The average Bonchev–Trinajstić information content (AvgIpc) is 3.28. The smallest absolute Gasteiger partial charge is 0.457 e. The lowest BCUT2D eigenvalue weighted by atomic mass is 10.1. The van der Waals surface area contributed by atoms with Crippen LogP contribution in [0.2, 0.25) is 0 Å². The van der Waals surface area contributed by atoms with Crippen molar-refractivity contribution in [3.05, 3.63) is 85.1 Å². The predicted molar refractivity (Wildman–Crippen MR) is 265 cm³/mol. The summed E-state index contributed by atoms with van der Waals surface area (Å²) in [7, 11) is -4.54. The second-order valence-electron chi connectivity index (χ2n) is 16.4. The number of allylic oxidation sites excluding steroid dienone is 14. The van der Waals surface area contributed by atoms with Crippen molar-refractivity contribution in [3.8, 4) is 0 Å². The molecule has 0 aliphatic rings. The number of aliphatic hydroxyl groups excluding tert-OH is 2. The third-order valence-corrected chi connectivity index (χ3v) is 11.3. The molecule has 10 heteroatoms. The van der Waals surface area contributed by atoms with E-state index in [-0.39, 0.29) is 13.0 Å². The predicted octanol–water partition coefficient (Wildman–Crippen LogP) is 14.6. The Morgan fingerprint density at radius 3 is 1.38 bits per heavy atom. The highest BCUT2D eigenvalue weighted by Gasteiger charge is 2.26. The van der Waals surface area contributed by atoms with Crippen molar-refractivity contribution in [2.75, 3.05) is 33.0 Å². The molecule has 364 valence electrons. The summed E-state index contributed by atoms with van der Waals surface area (Å²) in [6, 6.07) is 0. The van der Waals surface area contributed by atoms with E-state index in [0.717, 1.165) is 109 Å². The van der Waals surface area contributed by atoms with Crippen LogP contribution in [0.5, 0.6) is 0 Å². The maximum Gasteiger partial charge on any atom is 0.472 e. The van der Waals surface area contributed by atoms with Gasteiger partial charge in [-0.2, -0.15) is 0 Å². The van der Waals surface area contributed by atoms with E-state index >= 15 is 0 Å². The largest absolute Gasteiger partial charge is 0.472 e. The number of rotatable bonds is 47. The van der Waals surface area contributed by atoms with E-state index in [4.69, 9.17) is 23.6 Å². The second-order valence-corrected chi connectivity index (χ2v) is 17.9. The fraction of sp³-hybridized carbons (Fsp3) is 0.717. The van der Waals surface area contributed by atoms with Gasteiger partial charge in [0.15, 0.2) is 0 Å². The van der Waals surface area contributed by atoms with Crippen molar-refractivity contribution in [1.82, 2.24) is 0 Å². The van der Waals surface area contributed by atoms with Gasteiger partial charge in [-0.05, 0) is 89.9 Å². The lowest BCUT2D eigenvalue weighted by molar-refractivity contribution is -0.154. The van der Waals surface area contributed by atoms with Crippen LogP contribution in [0.25, 0.3) is 0 Å². The molecule has 0 fully saturated rings. The summed E-state index contributed by atoms with van der Waals surface area (Å²) >= 11 is 0. The van der Waals surface area contributed by atoms with Crippen LogP contribution in [0.4, 0.5) is 0 Å². The first kappa shape index (κ1) is 60.6. The van der Waals surface area contributed by atoms with E-state index in [1.165, 1.54) is 70.6 Å². The molecular weight excluding hydrogens is 812 g/mol. The number of unbranched alkanes of at least 4 members (excludes halogenated alkanes) is 19. The molecule has 3 N–H and O–H groups in total. The fourth-order valence-corrected chi connectivity index (χ4v) is 7.32. The molecule has 0 amide bonds. The summed E-state index contributed by atoms with van der Waals surface area (Å²) in [4.78, 5) is 22.7. The Hall–Kier alpha value is -2.36. The van der Waals surface area contributed by atoms with Gasteiger partial charge in [-0.15, -0.1) is 0 Å². The van der Waals surface area contributed by atoms with Crippen molar-refractivity contribution in [3.63, 3.8) is 0 Å². The van der Waals surface area contributed by atoms with Gasteiger partial charge < -0.3 is 24.6 Å². The van der Waals surface area contributed by atoms with Gasteiger partial charge in [-0.1, -0.05) is 189 Å². The summed E-state index contributed by atoms with van der Waals surface area (Å²) in [5.41, 5.74) is 0. The molecule has 3 unspecified atom stereocenters. The van der Waals surface area contributed by atoms with Crippen LogP contribution >= 0.6 is 7.82 Å². The standard InChI is InChI=1S/C53H93O9P/c1-3-5-7-9-11-13-15-17-19-21-23-24-25-26-27-28-30-32-34-36-38-40-42-44-46-59-49-52(50-61-63(57,58)60-48-51(55)47-54)62-53(56)45-43-41-39-37-35-33-31-29-22-20-18-16-14-12-10-8-6-4-2/h5,7,11,13,17,19-20,22-24,26-27,30,32,51-52,54-55H,3-4,6,8-10,12,14-16,18,21,25,28-29,31,33-50H2,1-2H3,(H,57,58)/b7-5-,13-11-,19-17-,22-20-,24-23-,27-26-,32-30-. The summed E-state index contributed by atoms with van der Waals surface area (Å²) in [5, 5.41) is 18.4. The molecular formula is C53H93O9P. The van der Waals surface area contributed by atoms with Gasteiger partial charge in [-0.25, -0.2) is 4.57 Å². The molecule has 0 rings (SSSR count). The topological polar surface area (TPSA) is 132 Å². The van der Waals surface area contributed by atoms with Crippen LogP contribution in [0.3, 0.4) is 0 Å². The molecule has 0 spiro atoms. The molecule has 0 heterocycles. The second kappa shape index (κ2) is 49.1. The normalized spacial score (nSPS) is 14.6. The molecule has 63 heavy (non-hydrogen) atoms. The maximum atomic E-state index is 12.7. The minimum absolute atomic E-state index is 0.0298. The number of carbonyl (C=O) groups excluding carboxylic acids is 1. The number of phosphoric ester groups is 1. The average molecular weight is 905 g/mol. The van der Waals surface area contributed by atoms with E-state index in [1.54, 1.807) is 0 Å². The molecule has 3 atom stereocenters. The molecule has 0 aromatic heterocycles. The summed E-state index contributed by atoms with van der Waals surface area (Å²) in [5.74, 6) is -0.396. The van der Waals surface area contributed by atoms with E-state index in [2.05, 4.69) is 98.9 Å². The van der Waals surface area contributed by atoms with Crippen molar-refractivity contribution < 1.29 is 43.0 Å². The Morgan fingerprint density at radius 2 is 0.905 bits per heavy atom. The van der Waals surface area contributed by atoms with Gasteiger partial charge in [0.05, 0.1) is 26.4 Å². The Balaban J connectivity index is 4.17. The van der Waals surface area contributed by atoms with E-state index in [0.29, 0.717) is 6.61 Å². The van der Waals surface area contributed by atoms with Crippen LogP contribution < -0.4 is 0 Å². The molecule has 0 saturated heterocycles. The molecule has 9 nitrogen and oxygen atoms in total. The number of phosphoric acid groups is 1. The van der Waals surface area contributed by atoms with Crippen molar-refractivity contribution in [2.24, 2.45) is 0 Å². The van der Waals surface area contributed by atoms with Gasteiger partial charge in [0.2, 0.25) is 0 Å². The van der Waals surface area contributed by atoms with Crippen LogP contribution in [-0.2, 0) is 27.9 Å². The van der Waals surface area contributed by atoms with Crippen molar-refractivity contribution >= 4 is 13.8 Å². The van der Waals surface area contributed by atoms with Crippen LogP contribution in [0.15, 0.2) is 85.1 Å². The number of esters is 1. The third-order valence-electron chi connectivity index (χ3n) is 10.3. The van der Waals surface area contributed by atoms with Crippen LogP contribution in [0, 0.1) is 0 Å². The zero-order chi connectivity index (χ0) is 46.0. The number of hydrogen-bond acceptors (Lipinski definition) is 8. The maximum absolute atomic E-state index is 12.7. The molecule has 0 aliphatic heterocycles. The SMILES string of the molecule is CC/C=C\C/C=C\C/C=C\C/C=C\C/C=C\C/C=C\CCCCCCCOCC(COP(=O)(O)OCC(O)CO)OC(=O)CCCCCCCCC/C=C\CCCCCCCCC. The van der Waals surface area contributed by atoms with Gasteiger partial charge in [0.1, 0.15) is 12.2 Å².